The van der Waals surface area contributed by atoms with Gasteiger partial charge in [0.25, 0.3) is 0 Å². The highest BCUT2D eigenvalue weighted by molar-refractivity contribution is 7.95. The summed E-state index contributed by atoms with van der Waals surface area (Å²) in [4.78, 5) is 0. The Morgan fingerprint density at radius 2 is 1.05 bits per heavy atom. The van der Waals surface area contributed by atoms with Gasteiger partial charge in [0.15, 0.2) is 11.5 Å². The largest absolute Gasteiger partial charge is 0.493 e. The van der Waals surface area contributed by atoms with Gasteiger partial charge in [-0.2, -0.15) is 0 Å². The number of methoxy groups -OCH3 is 2. The minimum atomic E-state index is -1.72. The Morgan fingerprint density at radius 1 is 0.526 bits per heavy atom. The Kier molecular flexibility index (Phi) is 10.8. The molecule has 0 radical (unpaired) electrons. The summed E-state index contributed by atoms with van der Waals surface area (Å²) in [5.41, 5.74) is 1.20. The van der Waals surface area contributed by atoms with Crippen molar-refractivity contribution < 1.29 is 14.2 Å². The van der Waals surface area contributed by atoms with Gasteiger partial charge in [0.2, 0.25) is 0 Å². The lowest BCUT2D eigenvalue weighted by atomic mass is 10.1. The lowest BCUT2D eigenvalue weighted by molar-refractivity contribution is 0.133. The fourth-order valence-corrected chi connectivity index (χ4v) is 9.53. The van der Waals surface area contributed by atoms with E-state index >= 15 is 0 Å². The first kappa shape index (κ1) is 27.9. The molecule has 0 unspecified atom stereocenters. The maximum absolute atomic E-state index is 5.96. The average Bonchev–Trinajstić information content (AvgIpc) is 2.99. The number of rotatable bonds is 15. The van der Waals surface area contributed by atoms with Gasteiger partial charge in [0, 0.05) is 6.61 Å². The summed E-state index contributed by atoms with van der Waals surface area (Å²) >= 11 is 0. The fourth-order valence-electron chi connectivity index (χ4n) is 5.12. The Balaban J connectivity index is 1.30. The SMILES string of the molecule is COc1ccc(CCOCCCCCC[P+](c2ccccc2)(c2ccccc2)c2ccccc2)cc1OC. The smallest absolute Gasteiger partial charge is 0.160 e. The molecule has 0 fully saturated rings. The molecular formula is C34H40O3P+. The van der Waals surface area contributed by atoms with Gasteiger partial charge in [-0.15, -0.1) is 0 Å². The first-order valence-corrected chi connectivity index (χ1v) is 15.6. The summed E-state index contributed by atoms with van der Waals surface area (Å²) in [7, 11) is 1.61. The summed E-state index contributed by atoms with van der Waals surface area (Å²) < 4.78 is 16.7. The van der Waals surface area contributed by atoms with Crippen molar-refractivity contribution in [1.82, 2.24) is 0 Å². The van der Waals surface area contributed by atoms with Gasteiger partial charge in [-0.25, -0.2) is 0 Å². The molecule has 0 saturated carbocycles. The van der Waals surface area contributed by atoms with Crippen LogP contribution in [-0.4, -0.2) is 33.6 Å². The molecule has 0 N–H and O–H groups in total. The normalized spacial score (nSPS) is 11.3. The Hall–Kier alpha value is -3.13. The highest BCUT2D eigenvalue weighted by Gasteiger charge is 2.44. The van der Waals surface area contributed by atoms with E-state index in [2.05, 4.69) is 97.1 Å². The molecule has 0 aliphatic heterocycles. The van der Waals surface area contributed by atoms with Crippen LogP contribution in [0.1, 0.15) is 31.2 Å². The number of hydrogen-bond acceptors (Lipinski definition) is 3. The highest BCUT2D eigenvalue weighted by atomic mass is 31.2. The molecule has 4 heteroatoms. The van der Waals surface area contributed by atoms with Crippen LogP contribution in [0.4, 0.5) is 0 Å². The van der Waals surface area contributed by atoms with E-state index in [1.54, 1.807) is 14.2 Å². The Morgan fingerprint density at radius 3 is 1.58 bits per heavy atom. The topological polar surface area (TPSA) is 27.7 Å². The number of ether oxygens (including phenoxy) is 3. The Bertz CT molecular complexity index is 1120. The zero-order valence-corrected chi connectivity index (χ0v) is 23.6. The molecule has 38 heavy (non-hydrogen) atoms. The standard InChI is InChI=1S/C34H40O3P/c1-35-33-23-22-29(28-34(33)36-2)24-26-37-25-14-3-4-15-27-38(30-16-8-5-9-17-30,31-18-10-6-11-19-31)32-20-12-7-13-21-32/h5-13,16-23,28H,3-4,14-15,24-27H2,1-2H3/q+1. The summed E-state index contributed by atoms with van der Waals surface area (Å²) in [6.07, 6.45) is 6.77. The molecule has 0 saturated heterocycles. The molecule has 4 rings (SSSR count). The first-order valence-electron chi connectivity index (χ1n) is 13.6. The summed E-state index contributed by atoms with van der Waals surface area (Å²) in [6.45, 7) is 1.53. The lowest BCUT2D eigenvalue weighted by Crippen LogP contribution is -2.33. The Labute approximate surface area is 229 Å². The van der Waals surface area contributed by atoms with Crippen molar-refractivity contribution in [2.45, 2.75) is 32.1 Å². The van der Waals surface area contributed by atoms with E-state index in [1.807, 2.05) is 12.1 Å². The molecule has 0 aliphatic rings. The van der Waals surface area contributed by atoms with E-state index < -0.39 is 7.26 Å². The van der Waals surface area contributed by atoms with Gasteiger partial charge >= 0.3 is 0 Å². The van der Waals surface area contributed by atoms with Crippen molar-refractivity contribution in [2.24, 2.45) is 0 Å². The van der Waals surface area contributed by atoms with E-state index in [1.165, 1.54) is 46.9 Å². The van der Waals surface area contributed by atoms with Crippen LogP contribution >= 0.6 is 7.26 Å². The number of unbranched alkanes of at least 4 members (excludes halogenated alkanes) is 3. The molecule has 4 aromatic carbocycles. The second kappa shape index (κ2) is 14.7. The van der Waals surface area contributed by atoms with Crippen LogP contribution < -0.4 is 25.4 Å². The molecule has 0 amide bonds. The zero-order valence-electron chi connectivity index (χ0n) is 22.7. The van der Waals surface area contributed by atoms with Crippen molar-refractivity contribution in [3.63, 3.8) is 0 Å². The zero-order chi connectivity index (χ0) is 26.5. The minimum Gasteiger partial charge on any atom is -0.493 e. The third kappa shape index (κ3) is 7.04. The number of benzene rings is 4. The van der Waals surface area contributed by atoms with Gasteiger partial charge < -0.3 is 14.2 Å². The molecule has 198 valence electrons. The van der Waals surface area contributed by atoms with Gasteiger partial charge in [-0.1, -0.05) is 67.1 Å². The summed E-state index contributed by atoms with van der Waals surface area (Å²) in [5.74, 6) is 1.53. The maximum atomic E-state index is 5.96. The van der Waals surface area contributed by atoms with Gasteiger partial charge in [-0.3, -0.25) is 0 Å². The molecule has 0 heterocycles. The van der Waals surface area contributed by atoms with Crippen LogP contribution in [0.15, 0.2) is 109 Å². The molecule has 0 spiro atoms. The lowest BCUT2D eigenvalue weighted by Gasteiger charge is -2.27. The van der Waals surface area contributed by atoms with E-state index in [0.717, 1.165) is 37.6 Å². The molecule has 3 nitrogen and oxygen atoms in total. The molecular weight excluding hydrogens is 487 g/mol. The molecule has 0 aromatic heterocycles. The van der Waals surface area contributed by atoms with Crippen molar-refractivity contribution >= 4 is 23.2 Å². The predicted octanol–water partition coefficient (Wildman–Crippen LogP) is 6.82. The van der Waals surface area contributed by atoms with Crippen LogP contribution in [-0.2, 0) is 11.2 Å². The molecule has 0 aliphatic carbocycles. The van der Waals surface area contributed by atoms with Crippen LogP contribution in [0.5, 0.6) is 11.5 Å². The van der Waals surface area contributed by atoms with Crippen LogP contribution in [0.3, 0.4) is 0 Å². The second-order valence-corrected chi connectivity index (χ2v) is 13.1. The van der Waals surface area contributed by atoms with Crippen molar-refractivity contribution in [3.05, 3.63) is 115 Å². The van der Waals surface area contributed by atoms with Crippen LogP contribution in [0, 0.1) is 0 Å². The van der Waals surface area contributed by atoms with E-state index in [9.17, 15) is 0 Å². The van der Waals surface area contributed by atoms with Crippen molar-refractivity contribution in [3.8, 4) is 11.5 Å². The van der Waals surface area contributed by atoms with E-state index in [0.29, 0.717) is 0 Å². The number of hydrogen-bond donors (Lipinski definition) is 0. The first-order chi connectivity index (χ1) is 18.8. The van der Waals surface area contributed by atoms with Crippen LogP contribution in [0.2, 0.25) is 0 Å². The summed E-state index contributed by atoms with van der Waals surface area (Å²) in [5, 5.41) is 4.41. The molecule has 0 atom stereocenters. The molecule has 4 aromatic rings. The van der Waals surface area contributed by atoms with Crippen molar-refractivity contribution in [2.75, 3.05) is 33.6 Å². The van der Waals surface area contributed by atoms with Gasteiger partial charge in [-0.05, 0) is 79.8 Å². The average molecular weight is 528 g/mol. The highest BCUT2D eigenvalue weighted by Crippen LogP contribution is 2.56. The van der Waals surface area contributed by atoms with Gasteiger partial charge in [0.1, 0.15) is 23.2 Å². The monoisotopic (exact) mass is 527 g/mol. The van der Waals surface area contributed by atoms with Crippen LogP contribution in [0.25, 0.3) is 0 Å². The van der Waals surface area contributed by atoms with Gasteiger partial charge in [0.05, 0.1) is 27.0 Å². The van der Waals surface area contributed by atoms with Crippen molar-refractivity contribution in [1.29, 1.82) is 0 Å². The second-order valence-electron chi connectivity index (χ2n) is 9.51. The fraction of sp³-hybridized carbons (Fsp3) is 0.294. The minimum absolute atomic E-state index is 0.722. The maximum Gasteiger partial charge on any atom is 0.160 e. The third-order valence-corrected chi connectivity index (χ3v) is 11.6. The van der Waals surface area contributed by atoms with E-state index in [-0.39, 0.29) is 0 Å². The van der Waals surface area contributed by atoms with E-state index in [4.69, 9.17) is 14.2 Å². The summed E-state index contributed by atoms with van der Waals surface area (Å²) in [6, 6.07) is 39.6. The molecule has 0 bridgehead atoms. The predicted molar refractivity (Wildman–Crippen MR) is 163 cm³/mol. The third-order valence-electron chi connectivity index (χ3n) is 7.11. The quantitative estimate of drug-likeness (QED) is 0.125.